The Morgan fingerprint density at radius 2 is 2.00 bits per heavy atom. The summed E-state index contributed by atoms with van der Waals surface area (Å²) in [6.07, 6.45) is -0.469. The Hall–Kier alpha value is -1.39. The van der Waals surface area contributed by atoms with Crippen LogP contribution in [-0.2, 0) is 24.4 Å². The molecule has 1 heterocycles. The van der Waals surface area contributed by atoms with Gasteiger partial charge in [0.1, 0.15) is 11.6 Å². The van der Waals surface area contributed by atoms with Gasteiger partial charge in [-0.05, 0) is 33.6 Å². The summed E-state index contributed by atoms with van der Waals surface area (Å²) in [5, 5.41) is 2.62. The fourth-order valence-electron chi connectivity index (χ4n) is 2.12. The molecule has 23 heavy (non-hydrogen) atoms. The van der Waals surface area contributed by atoms with Crippen molar-refractivity contribution in [3.8, 4) is 0 Å². The molecule has 9 nitrogen and oxygen atoms in total. The molecular formula is C13H25N3O6S. The highest BCUT2D eigenvalue weighted by molar-refractivity contribution is 7.90. The van der Waals surface area contributed by atoms with Crippen LogP contribution in [0.15, 0.2) is 0 Å². The first-order chi connectivity index (χ1) is 10.5. The Bertz CT molecular complexity index is 542. The standard InChI is InChI=1S/C13H25N3O6S/c1-13(2,3)22-12(18)15-10(11(17)16(4)21-5)8-9-6-7-14-23(9,19)20/h9-10,14H,6-8H2,1-5H3,(H,15,18)/t9?,10-/m0/s1. The molecule has 1 fully saturated rings. The molecule has 1 unspecified atom stereocenters. The summed E-state index contributed by atoms with van der Waals surface area (Å²) in [5.74, 6) is -0.555. The van der Waals surface area contributed by atoms with Crippen molar-refractivity contribution < 1.29 is 27.6 Å². The number of nitrogens with zero attached hydrogens (tertiary/aromatic N) is 1. The molecule has 0 bridgehead atoms. The number of carbonyl (C=O) groups is 2. The third-order valence-electron chi connectivity index (χ3n) is 3.28. The first kappa shape index (κ1) is 19.7. The highest BCUT2D eigenvalue weighted by atomic mass is 32.2. The topological polar surface area (TPSA) is 114 Å². The molecule has 2 N–H and O–H groups in total. The van der Waals surface area contributed by atoms with Crippen molar-refractivity contribution in [2.24, 2.45) is 0 Å². The molecular weight excluding hydrogens is 326 g/mol. The lowest BCUT2D eigenvalue weighted by Crippen LogP contribution is -2.50. The van der Waals surface area contributed by atoms with E-state index in [1.807, 2.05) is 0 Å². The SMILES string of the molecule is CON(C)C(=O)[C@H](CC1CCNS1(=O)=O)NC(=O)OC(C)(C)C. The zero-order chi connectivity index (χ0) is 17.8. The second kappa shape index (κ2) is 7.45. The summed E-state index contributed by atoms with van der Waals surface area (Å²) >= 11 is 0. The van der Waals surface area contributed by atoms with Crippen LogP contribution in [0.3, 0.4) is 0 Å². The van der Waals surface area contributed by atoms with E-state index < -0.39 is 38.9 Å². The fraction of sp³-hybridized carbons (Fsp3) is 0.846. The molecule has 0 spiro atoms. The zero-order valence-corrected chi connectivity index (χ0v) is 14.9. The average molecular weight is 351 g/mol. The number of nitrogens with one attached hydrogen (secondary N) is 2. The predicted octanol–water partition coefficient (Wildman–Crippen LogP) is -0.0187. The molecule has 0 saturated carbocycles. The molecule has 0 radical (unpaired) electrons. The number of ether oxygens (including phenoxy) is 1. The van der Waals surface area contributed by atoms with Crippen LogP contribution in [0.1, 0.15) is 33.6 Å². The minimum atomic E-state index is -3.47. The summed E-state index contributed by atoms with van der Waals surface area (Å²) in [5.41, 5.74) is -0.730. The summed E-state index contributed by atoms with van der Waals surface area (Å²) in [6, 6.07) is -1.06. The van der Waals surface area contributed by atoms with Gasteiger partial charge in [0.15, 0.2) is 0 Å². The third-order valence-corrected chi connectivity index (χ3v) is 5.19. The number of alkyl carbamates (subject to hydrolysis) is 1. The van der Waals surface area contributed by atoms with Gasteiger partial charge in [-0.2, -0.15) is 0 Å². The van der Waals surface area contributed by atoms with Crippen LogP contribution >= 0.6 is 0 Å². The Morgan fingerprint density at radius 3 is 2.43 bits per heavy atom. The van der Waals surface area contributed by atoms with Crippen molar-refractivity contribution in [3.05, 3.63) is 0 Å². The van der Waals surface area contributed by atoms with Crippen LogP contribution in [0.5, 0.6) is 0 Å². The summed E-state index contributed by atoms with van der Waals surface area (Å²) in [6.45, 7) is 5.39. The predicted molar refractivity (Wildman–Crippen MR) is 82.9 cm³/mol. The maximum absolute atomic E-state index is 12.3. The molecule has 0 aromatic rings. The fourth-order valence-corrected chi connectivity index (χ4v) is 3.64. The Morgan fingerprint density at radius 1 is 1.39 bits per heavy atom. The van der Waals surface area contributed by atoms with Crippen molar-refractivity contribution in [1.29, 1.82) is 0 Å². The molecule has 0 aliphatic carbocycles. The largest absolute Gasteiger partial charge is 0.444 e. The van der Waals surface area contributed by atoms with E-state index in [-0.39, 0.29) is 6.42 Å². The van der Waals surface area contributed by atoms with Gasteiger partial charge >= 0.3 is 6.09 Å². The lowest BCUT2D eigenvalue weighted by atomic mass is 10.1. The molecule has 1 rings (SSSR count). The van der Waals surface area contributed by atoms with Gasteiger partial charge in [0.25, 0.3) is 5.91 Å². The number of sulfonamides is 1. The average Bonchev–Trinajstić information content (AvgIpc) is 2.73. The number of hydrogen-bond acceptors (Lipinski definition) is 6. The molecule has 134 valence electrons. The maximum Gasteiger partial charge on any atom is 0.408 e. The Balaban J connectivity index is 2.85. The van der Waals surface area contributed by atoms with Gasteiger partial charge in [0.2, 0.25) is 10.0 Å². The van der Waals surface area contributed by atoms with E-state index in [1.165, 1.54) is 14.2 Å². The molecule has 2 amide bonds. The minimum absolute atomic E-state index is 0.0545. The lowest BCUT2D eigenvalue weighted by Gasteiger charge is -2.26. The van der Waals surface area contributed by atoms with Crippen molar-refractivity contribution in [2.45, 2.75) is 50.5 Å². The van der Waals surface area contributed by atoms with Gasteiger partial charge < -0.3 is 10.1 Å². The van der Waals surface area contributed by atoms with Gasteiger partial charge in [-0.1, -0.05) is 0 Å². The van der Waals surface area contributed by atoms with Gasteiger partial charge in [0.05, 0.1) is 12.4 Å². The van der Waals surface area contributed by atoms with E-state index in [1.54, 1.807) is 20.8 Å². The van der Waals surface area contributed by atoms with Crippen LogP contribution in [0.25, 0.3) is 0 Å². The quantitative estimate of drug-likeness (QED) is 0.673. The normalized spacial score (nSPS) is 21.5. The van der Waals surface area contributed by atoms with Crippen LogP contribution in [-0.4, -0.2) is 63.1 Å². The second-order valence-electron chi connectivity index (χ2n) is 6.30. The lowest BCUT2D eigenvalue weighted by molar-refractivity contribution is -0.171. The van der Waals surface area contributed by atoms with Crippen LogP contribution in [0, 0.1) is 0 Å². The number of hydroxylamine groups is 2. The van der Waals surface area contributed by atoms with E-state index >= 15 is 0 Å². The molecule has 2 atom stereocenters. The van der Waals surface area contributed by atoms with Crippen LogP contribution in [0.4, 0.5) is 4.79 Å². The van der Waals surface area contributed by atoms with Crippen LogP contribution in [0.2, 0.25) is 0 Å². The molecule has 10 heteroatoms. The Kier molecular flexibility index (Phi) is 6.37. The monoisotopic (exact) mass is 351 g/mol. The van der Waals surface area contributed by atoms with Crippen molar-refractivity contribution in [3.63, 3.8) is 0 Å². The van der Waals surface area contributed by atoms with Crippen molar-refractivity contribution in [1.82, 2.24) is 15.1 Å². The van der Waals surface area contributed by atoms with Gasteiger partial charge in [-0.25, -0.2) is 23.0 Å². The number of amides is 2. The highest BCUT2D eigenvalue weighted by Gasteiger charge is 2.37. The number of rotatable bonds is 5. The van der Waals surface area contributed by atoms with Crippen LogP contribution < -0.4 is 10.0 Å². The van der Waals surface area contributed by atoms with E-state index in [4.69, 9.17) is 9.57 Å². The Labute approximate surface area is 136 Å². The maximum atomic E-state index is 12.3. The van der Waals surface area contributed by atoms with Crippen molar-refractivity contribution >= 4 is 22.0 Å². The van der Waals surface area contributed by atoms with Gasteiger partial charge in [0, 0.05) is 13.6 Å². The molecule has 1 aliphatic rings. The first-order valence-corrected chi connectivity index (χ1v) is 8.80. The number of carbonyl (C=O) groups excluding carboxylic acids is 2. The van der Waals surface area contributed by atoms with E-state index in [2.05, 4.69) is 10.0 Å². The van der Waals surface area contributed by atoms with Crippen molar-refractivity contribution in [2.75, 3.05) is 20.7 Å². The van der Waals surface area contributed by atoms with E-state index in [9.17, 15) is 18.0 Å². The van der Waals surface area contributed by atoms with Gasteiger partial charge in [-0.15, -0.1) is 0 Å². The van der Waals surface area contributed by atoms with E-state index in [0.29, 0.717) is 13.0 Å². The van der Waals surface area contributed by atoms with Gasteiger partial charge in [-0.3, -0.25) is 9.63 Å². The second-order valence-corrected chi connectivity index (χ2v) is 8.35. The third kappa shape index (κ3) is 5.96. The molecule has 0 aromatic heterocycles. The minimum Gasteiger partial charge on any atom is -0.444 e. The summed E-state index contributed by atoms with van der Waals surface area (Å²) < 4.78 is 31.2. The summed E-state index contributed by atoms with van der Waals surface area (Å²) in [7, 11) is -0.788. The smallest absolute Gasteiger partial charge is 0.408 e. The van der Waals surface area contributed by atoms with E-state index in [0.717, 1.165) is 5.06 Å². The number of likely N-dealkylation sites (N-methyl/N-ethyl adjacent to an activating group) is 1. The number of hydrogen-bond donors (Lipinski definition) is 2. The molecule has 1 aliphatic heterocycles. The first-order valence-electron chi connectivity index (χ1n) is 7.26. The summed E-state index contributed by atoms with van der Waals surface area (Å²) in [4.78, 5) is 29.0. The molecule has 0 aromatic carbocycles. The highest BCUT2D eigenvalue weighted by Crippen LogP contribution is 2.18. The zero-order valence-electron chi connectivity index (χ0n) is 14.1. The molecule has 1 saturated heterocycles.